The van der Waals surface area contributed by atoms with Crippen LogP contribution in [0.2, 0.25) is 0 Å². The monoisotopic (exact) mass is 412 g/mol. The third kappa shape index (κ3) is 4.85. The number of hydrogen-bond donors (Lipinski definition) is 3. The van der Waals surface area contributed by atoms with Crippen molar-refractivity contribution in [2.45, 2.75) is 18.7 Å². The molecule has 0 heterocycles. The second-order valence-electron chi connectivity index (χ2n) is 6.40. The summed E-state index contributed by atoms with van der Waals surface area (Å²) in [5, 5.41) is 14.8. The summed E-state index contributed by atoms with van der Waals surface area (Å²) < 4.78 is 30.8. The molecule has 0 unspecified atom stereocenters. The maximum absolute atomic E-state index is 12.8. The van der Waals surface area contributed by atoms with Gasteiger partial charge in [0, 0.05) is 0 Å². The van der Waals surface area contributed by atoms with E-state index in [0.29, 0.717) is 5.56 Å². The molecule has 0 saturated heterocycles. The molecule has 0 radical (unpaired) electrons. The second kappa shape index (κ2) is 8.24. The molecule has 0 aliphatic carbocycles. The fraction of sp³-hybridized carbons (Fsp3) is 0.0952. The van der Waals surface area contributed by atoms with E-state index in [1.165, 1.54) is 30.3 Å². The lowest BCUT2D eigenvalue weighted by Crippen LogP contribution is -2.20. The van der Waals surface area contributed by atoms with Gasteiger partial charge in [-0.2, -0.15) is 8.42 Å². The van der Waals surface area contributed by atoms with Crippen molar-refractivity contribution in [3.63, 3.8) is 0 Å². The maximum Gasteiger partial charge on any atom is 0.339 e. The maximum atomic E-state index is 12.8. The first-order valence-corrected chi connectivity index (χ1v) is 10.1. The molecular formula is C21H20N2O5S. The molecule has 3 N–H and O–H groups in total. The molecule has 3 aromatic carbocycles. The van der Waals surface area contributed by atoms with Gasteiger partial charge < -0.3 is 19.9 Å². The summed E-state index contributed by atoms with van der Waals surface area (Å²) in [5.41, 5.74) is 1.71. The van der Waals surface area contributed by atoms with Crippen molar-refractivity contribution in [3.05, 3.63) is 77.9 Å². The number of amides is 2. The SMILES string of the molecule is Cc1ccc(C)c(S(=O)(=O)Oc2ccccc2NC(=O)Nc2ccccc2O)c1. The van der Waals surface area contributed by atoms with Crippen LogP contribution in [0.15, 0.2) is 71.6 Å². The molecule has 0 atom stereocenters. The number of nitrogens with one attached hydrogen (secondary N) is 2. The summed E-state index contributed by atoms with van der Waals surface area (Å²) in [4.78, 5) is 12.3. The Morgan fingerprint density at radius 2 is 1.52 bits per heavy atom. The largest absolute Gasteiger partial charge is 0.506 e. The number of carbonyl (C=O) groups excluding carboxylic acids is 1. The van der Waals surface area contributed by atoms with E-state index < -0.39 is 16.1 Å². The van der Waals surface area contributed by atoms with E-state index in [-0.39, 0.29) is 27.8 Å². The topological polar surface area (TPSA) is 105 Å². The van der Waals surface area contributed by atoms with Crippen molar-refractivity contribution in [2.24, 2.45) is 0 Å². The molecule has 7 nitrogen and oxygen atoms in total. The minimum atomic E-state index is -4.10. The Balaban J connectivity index is 1.83. The van der Waals surface area contributed by atoms with E-state index in [0.717, 1.165) is 5.56 Å². The Morgan fingerprint density at radius 1 is 0.897 bits per heavy atom. The highest BCUT2D eigenvalue weighted by Gasteiger charge is 2.21. The van der Waals surface area contributed by atoms with Gasteiger partial charge in [0.05, 0.1) is 11.4 Å². The van der Waals surface area contributed by atoms with Gasteiger partial charge in [0.2, 0.25) is 0 Å². The van der Waals surface area contributed by atoms with Crippen LogP contribution in [0, 0.1) is 13.8 Å². The molecule has 150 valence electrons. The van der Waals surface area contributed by atoms with Gasteiger partial charge in [0.25, 0.3) is 0 Å². The highest BCUT2D eigenvalue weighted by atomic mass is 32.2. The van der Waals surface area contributed by atoms with E-state index in [1.807, 2.05) is 6.07 Å². The lowest BCUT2D eigenvalue weighted by Gasteiger charge is -2.14. The molecule has 0 fully saturated rings. The molecule has 8 heteroatoms. The zero-order chi connectivity index (χ0) is 21.0. The van der Waals surface area contributed by atoms with Gasteiger partial charge in [-0.25, -0.2) is 4.79 Å². The molecule has 0 aliphatic rings. The fourth-order valence-corrected chi connectivity index (χ4v) is 3.90. The Hall–Kier alpha value is -3.52. The van der Waals surface area contributed by atoms with Gasteiger partial charge in [0.15, 0.2) is 5.75 Å². The predicted octanol–water partition coefficient (Wildman–Crippen LogP) is 4.42. The molecule has 29 heavy (non-hydrogen) atoms. The smallest absolute Gasteiger partial charge is 0.339 e. The molecule has 0 aromatic heterocycles. The molecular weight excluding hydrogens is 392 g/mol. The zero-order valence-corrected chi connectivity index (χ0v) is 16.7. The summed E-state index contributed by atoms with van der Waals surface area (Å²) in [6.07, 6.45) is 0. The standard InChI is InChI=1S/C21H20N2O5S/c1-14-11-12-15(2)20(13-14)29(26,27)28-19-10-6-4-8-17(19)23-21(25)22-16-7-3-5-9-18(16)24/h3-13,24H,1-2H3,(H2,22,23,25). The van der Waals surface area contributed by atoms with Crippen molar-refractivity contribution >= 4 is 27.5 Å². The Labute approximate surface area is 169 Å². The van der Waals surface area contributed by atoms with Crippen molar-refractivity contribution in [3.8, 4) is 11.5 Å². The number of carbonyl (C=O) groups is 1. The number of aryl methyl sites for hydroxylation is 2. The summed E-state index contributed by atoms with van der Waals surface area (Å²) in [5.74, 6) is -0.120. The van der Waals surface area contributed by atoms with Gasteiger partial charge in [-0.1, -0.05) is 36.4 Å². The van der Waals surface area contributed by atoms with E-state index >= 15 is 0 Å². The normalized spacial score (nSPS) is 11.0. The first-order valence-electron chi connectivity index (χ1n) is 8.73. The quantitative estimate of drug-likeness (QED) is 0.425. The first-order chi connectivity index (χ1) is 13.8. The molecule has 0 aliphatic heterocycles. The number of aromatic hydroxyl groups is 1. The van der Waals surface area contributed by atoms with Crippen LogP contribution in [0.5, 0.6) is 11.5 Å². The summed E-state index contributed by atoms with van der Waals surface area (Å²) in [7, 11) is -4.10. The summed E-state index contributed by atoms with van der Waals surface area (Å²) >= 11 is 0. The summed E-state index contributed by atoms with van der Waals surface area (Å²) in [6.45, 7) is 3.47. The van der Waals surface area contributed by atoms with Crippen molar-refractivity contribution in [1.29, 1.82) is 0 Å². The molecule has 3 rings (SSSR count). The average molecular weight is 412 g/mol. The lowest BCUT2D eigenvalue weighted by molar-refractivity contribution is 0.262. The Morgan fingerprint density at radius 3 is 2.24 bits per heavy atom. The van der Waals surface area contributed by atoms with Crippen molar-refractivity contribution in [2.75, 3.05) is 10.6 Å². The van der Waals surface area contributed by atoms with Crippen LogP contribution in [0.25, 0.3) is 0 Å². The van der Waals surface area contributed by atoms with E-state index in [1.54, 1.807) is 44.2 Å². The number of benzene rings is 3. The van der Waals surface area contributed by atoms with Crippen LogP contribution in [0.4, 0.5) is 16.2 Å². The molecule has 3 aromatic rings. The molecule has 2 amide bonds. The van der Waals surface area contributed by atoms with Crippen LogP contribution >= 0.6 is 0 Å². The zero-order valence-electron chi connectivity index (χ0n) is 15.8. The minimum Gasteiger partial charge on any atom is -0.506 e. The Kier molecular flexibility index (Phi) is 5.74. The molecule has 0 bridgehead atoms. The average Bonchev–Trinajstić information content (AvgIpc) is 2.67. The number of anilines is 2. The van der Waals surface area contributed by atoms with Crippen LogP contribution in [0.1, 0.15) is 11.1 Å². The van der Waals surface area contributed by atoms with Gasteiger partial charge in [0.1, 0.15) is 10.6 Å². The van der Waals surface area contributed by atoms with Crippen LogP contribution < -0.4 is 14.8 Å². The highest BCUT2D eigenvalue weighted by Crippen LogP contribution is 2.29. The van der Waals surface area contributed by atoms with Gasteiger partial charge in [-0.05, 0) is 55.3 Å². The number of urea groups is 1. The first kappa shape index (κ1) is 20.2. The number of phenolic OH excluding ortho intramolecular Hbond substituents is 1. The number of para-hydroxylation sites is 4. The summed E-state index contributed by atoms with van der Waals surface area (Å²) in [6, 6.07) is 16.8. The molecule has 0 saturated carbocycles. The highest BCUT2D eigenvalue weighted by molar-refractivity contribution is 7.87. The lowest BCUT2D eigenvalue weighted by atomic mass is 10.2. The fourth-order valence-electron chi connectivity index (χ4n) is 2.64. The van der Waals surface area contributed by atoms with Gasteiger partial charge in [-0.15, -0.1) is 0 Å². The minimum absolute atomic E-state index is 0.0270. The van der Waals surface area contributed by atoms with Crippen LogP contribution in [-0.4, -0.2) is 19.6 Å². The van der Waals surface area contributed by atoms with Crippen LogP contribution in [-0.2, 0) is 10.1 Å². The third-order valence-corrected chi connectivity index (χ3v) is 5.48. The van der Waals surface area contributed by atoms with Crippen LogP contribution in [0.3, 0.4) is 0 Å². The predicted molar refractivity (Wildman–Crippen MR) is 111 cm³/mol. The number of phenols is 1. The number of rotatable bonds is 5. The van der Waals surface area contributed by atoms with Gasteiger partial charge >= 0.3 is 16.1 Å². The van der Waals surface area contributed by atoms with Crippen molar-refractivity contribution in [1.82, 2.24) is 0 Å². The van der Waals surface area contributed by atoms with Gasteiger partial charge in [-0.3, -0.25) is 0 Å². The van der Waals surface area contributed by atoms with E-state index in [9.17, 15) is 18.3 Å². The second-order valence-corrected chi connectivity index (χ2v) is 7.91. The van der Waals surface area contributed by atoms with Crippen molar-refractivity contribution < 1.29 is 22.5 Å². The number of hydrogen-bond acceptors (Lipinski definition) is 5. The van der Waals surface area contributed by atoms with E-state index in [2.05, 4.69) is 10.6 Å². The van der Waals surface area contributed by atoms with E-state index in [4.69, 9.17) is 4.18 Å². The molecule has 0 spiro atoms. The Bertz CT molecular complexity index is 1160. The third-order valence-electron chi connectivity index (χ3n) is 4.10.